The number of nitrogens with zero attached hydrogens (tertiary/aromatic N) is 1. The van der Waals surface area contributed by atoms with Gasteiger partial charge in [-0.3, -0.25) is 14.4 Å². The first-order valence-electron chi connectivity index (χ1n) is 7.50. The van der Waals surface area contributed by atoms with E-state index in [9.17, 15) is 19.5 Å². The highest BCUT2D eigenvalue weighted by atomic mass is 35.5. The highest BCUT2D eigenvalue weighted by Crippen LogP contribution is 2.39. The molecule has 1 saturated heterocycles. The summed E-state index contributed by atoms with van der Waals surface area (Å²) < 4.78 is 0. The maximum absolute atomic E-state index is 12.6. The first-order chi connectivity index (χ1) is 11.6. The van der Waals surface area contributed by atoms with E-state index in [1.807, 2.05) is 0 Å². The number of β-lactam (4-membered cyclic amide) rings is 1. The van der Waals surface area contributed by atoms with Crippen molar-refractivity contribution >= 4 is 52.0 Å². The topological polar surface area (TPSA) is 94.9 Å². The molecule has 136 valence electrons. The first kappa shape index (κ1) is 20.0. The van der Waals surface area contributed by atoms with Gasteiger partial charge in [0.15, 0.2) is 5.12 Å². The number of thioether (sulfide) groups is 1. The van der Waals surface area contributed by atoms with Crippen molar-refractivity contribution in [1.82, 2.24) is 4.90 Å². The largest absolute Gasteiger partial charge is 0.480 e. The van der Waals surface area contributed by atoms with Crippen molar-refractivity contribution in [2.45, 2.75) is 30.9 Å². The molecular weight excluding hydrogens is 389 g/mol. The predicted octanol–water partition coefficient (Wildman–Crippen LogP) is 2.54. The van der Waals surface area contributed by atoms with Gasteiger partial charge in [0.1, 0.15) is 6.54 Å². The van der Waals surface area contributed by atoms with Crippen molar-refractivity contribution < 1.29 is 24.6 Å². The van der Waals surface area contributed by atoms with Crippen LogP contribution in [0.5, 0.6) is 0 Å². The molecule has 0 spiro atoms. The van der Waals surface area contributed by atoms with E-state index in [0.717, 1.165) is 16.7 Å². The number of aliphatic carboxylic acids is 1. The second kappa shape index (κ2) is 7.95. The molecule has 1 aromatic rings. The van der Waals surface area contributed by atoms with Gasteiger partial charge in [-0.15, -0.1) is 0 Å². The standard InChI is InChI=1S/C16H17Cl2NO5S/c1-7(16(24)25-11-4-3-9(17)5-10(11)18)14-13(8(2)20)15(23)19(14)6-12(21)22/h3-5,7-8,13-14,20H,6H2,1-2H3,(H,21,22)/t7-,8-,13-,14-/m1/s1. The summed E-state index contributed by atoms with van der Waals surface area (Å²) >= 11 is 12.8. The summed E-state index contributed by atoms with van der Waals surface area (Å²) in [4.78, 5) is 37.3. The zero-order valence-electron chi connectivity index (χ0n) is 13.5. The molecule has 1 aliphatic rings. The molecule has 0 saturated carbocycles. The third-order valence-electron chi connectivity index (χ3n) is 4.11. The molecular formula is C16H17Cl2NO5S. The summed E-state index contributed by atoms with van der Waals surface area (Å²) in [7, 11) is 0. The van der Waals surface area contributed by atoms with Crippen molar-refractivity contribution in [3.05, 3.63) is 28.2 Å². The summed E-state index contributed by atoms with van der Waals surface area (Å²) in [5, 5.41) is 19.3. The molecule has 0 radical (unpaired) electrons. The predicted molar refractivity (Wildman–Crippen MR) is 94.8 cm³/mol. The quantitative estimate of drug-likeness (QED) is 0.557. The lowest BCUT2D eigenvalue weighted by atomic mass is 9.77. The lowest BCUT2D eigenvalue weighted by Crippen LogP contribution is -2.68. The Kier molecular flexibility index (Phi) is 6.37. The first-order valence-corrected chi connectivity index (χ1v) is 9.07. The highest BCUT2D eigenvalue weighted by Gasteiger charge is 2.53. The Labute approximate surface area is 159 Å². The van der Waals surface area contributed by atoms with E-state index in [0.29, 0.717) is 14.9 Å². The van der Waals surface area contributed by atoms with Gasteiger partial charge in [0.2, 0.25) is 5.91 Å². The molecule has 1 amide bonds. The molecule has 1 heterocycles. The average Bonchev–Trinajstić information content (AvgIpc) is 2.51. The summed E-state index contributed by atoms with van der Waals surface area (Å²) in [5.41, 5.74) is 0. The molecule has 4 atom stereocenters. The third-order valence-corrected chi connectivity index (χ3v) is 5.92. The number of amides is 1. The Morgan fingerprint density at radius 2 is 1.96 bits per heavy atom. The Morgan fingerprint density at radius 1 is 1.32 bits per heavy atom. The number of hydrogen-bond acceptors (Lipinski definition) is 5. The molecule has 0 aliphatic carbocycles. The van der Waals surface area contributed by atoms with Gasteiger partial charge < -0.3 is 15.1 Å². The van der Waals surface area contributed by atoms with Crippen molar-refractivity contribution in [3.8, 4) is 0 Å². The molecule has 1 fully saturated rings. The lowest BCUT2D eigenvalue weighted by Gasteiger charge is -2.49. The zero-order chi connectivity index (χ0) is 18.9. The number of carbonyl (C=O) groups is 3. The number of likely N-dealkylation sites (tertiary alicyclic amines) is 1. The van der Waals surface area contributed by atoms with Crippen LogP contribution in [0.1, 0.15) is 13.8 Å². The van der Waals surface area contributed by atoms with Crippen LogP contribution in [0.25, 0.3) is 0 Å². The summed E-state index contributed by atoms with van der Waals surface area (Å²) in [6.07, 6.45) is -0.970. The van der Waals surface area contributed by atoms with Crippen molar-refractivity contribution in [3.63, 3.8) is 0 Å². The van der Waals surface area contributed by atoms with E-state index in [-0.39, 0.29) is 5.12 Å². The Bertz CT molecular complexity index is 712. The molecule has 0 bridgehead atoms. The van der Waals surface area contributed by atoms with Crippen LogP contribution in [0.15, 0.2) is 23.1 Å². The number of benzene rings is 1. The molecule has 9 heteroatoms. The fourth-order valence-corrected chi connectivity index (χ4v) is 4.26. The van der Waals surface area contributed by atoms with Crippen LogP contribution in [0.4, 0.5) is 0 Å². The lowest BCUT2D eigenvalue weighted by molar-refractivity contribution is -0.173. The minimum Gasteiger partial charge on any atom is -0.480 e. The van der Waals surface area contributed by atoms with Gasteiger partial charge in [-0.05, 0) is 25.1 Å². The van der Waals surface area contributed by atoms with E-state index in [1.54, 1.807) is 19.1 Å². The molecule has 2 N–H and O–H groups in total. The number of rotatable bonds is 6. The van der Waals surface area contributed by atoms with E-state index < -0.39 is 42.4 Å². The Morgan fingerprint density at radius 3 is 2.48 bits per heavy atom. The van der Waals surface area contributed by atoms with Crippen molar-refractivity contribution in [2.24, 2.45) is 11.8 Å². The van der Waals surface area contributed by atoms with Crippen LogP contribution in [-0.4, -0.2) is 50.8 Å². The Balaban J connectivity index is 2.17. The maximum atomic E-state index is 12.6. The maximum Gasteiger partial charge on any atom is 0.323 e. The fourth-order valence-electron chi connectivity index (χ4n) is 2.90. The van der Waals surface area contributed by atoms with Gasteiger partial charge in [-0.1, -0.05) is 41.9 Å². The Hall–Kier alpha value is -1.28. The van der Waals surface area contributed by atoms with Crippen LogP contribution < -0.4 is 0 Å². The fraction of sp³-hybridized carbons (Fsp3) is 0.438. The smallest absolute Gasteiger partial charge is 0.323 e. The molecule has 25 heavy (non-hydrogen) atoms. The van der Waals surface area contributed by atoms with Crippen LogP contribution in [0, 0.1) is 11.8 Å². The minimum absolute atomic E-state index is 0.275. The van der Waals surface area contributed by atoms with Gasteiger partial charge in [0.05, 0.1) is 23.1 Å². The van der Waals surface area contributed by atoms with E-state index in [4.69, 9.17) is 28.3 Å². The van der Waals surface area contributed by atoms with Gasteiger partial charge in [0.25, 0.3) is 0 Å². The molecule has 6 nitrogen and oxygen atoms in total. The number of hydrogen-bond donors (Lipinski definition) is 2. The third kappa shape index (κ3) is 4.28. The summed E-state index contributed by atoms with van der Waals surface area (Å²) in [6.45, 7) is 2.56. The van der Waals surface area contributed by atoms with Gasteiger partial charge in [-0.2, -0.15) is 0 Å². The normalized spacial score (nSPS) is 22.3. The number of carboxylic acid groups (broad SMARTS) is 1. The van der Waals surface area contributed by atoms with Crippen LogP contribution in [0.3, 0.4) is 0 Å². The zero-order valence-corrected chi connectivity index (χ0v) is 15.8. The van der Waals surface area contributed by atoms with E-state index in [2.05, 4.69) is 0 Å². The SMILES string of the molecule is C[C@@H](O)[C@H]1C(=O)N(CC(=O)O)[C@@H]1[C@@H](C)C(=O)Sc1ccc(Cl)cc1Cl. The summed E-state index contributed by atoms with van der Waals surface area (Å²) in [5.74, 6) is -3.10. The van der Waals surface area contributed by atoms with Crippen LogP contribution >= 0.6 is 35.0 Å². The molecule has 0 aromatic heterocycles. The van der Waals surface area contributed by atoms with Crippen LogP contribution in [-0.2, 0) is 14.4 Å². The van der Waals surface area contributed by atoms with E-state index in [1.165, 1.54) is 13.0 Å². The second-order valence-electron chi connectivity index (χ2n) is 5.90. The number of carboxylic acids is 1. The van der Waals surface area contributed by atoms with Crippen molar-refractivity contribution in [2.75, 3.05) is 6.54 Å². The van der Waals surface area contributed by atoms with Gasteiger partial charge in [0, 0.05) is 15.8 Å². The van der Waals surface area contributed by atoms with Crippen molar-refractivity contribution in [1.29, 1.82) is 0 Å². The molecule has 0 unspecified atom stereocenters. The number of carbonyl (C=O) groups excluding carboxylic acids is 2. The summed E-state index contributed by atoms with van der Waals surface area (Å²) in [6, 6.07) is 4.07. The number of halogens is 2. The molecule has 1 aliphatic heterocycles. The minimum atomic E-state index is -1.17. The molecule has 1 aromatic carbocycles. The van der Waals surface area contributed by atoms with Crippen LogP contribution in [0.2, 0.25) is 10.0 Å². The second-order valence-corrected chi connectivity index (χ2v) is 7.79. The number of aliphatic hydroxyl groups excluding tert-OH is 1. The van der Waals surface area contributed by atoms with Gasteiger partial charge >= 0.3 is 5.97 Å². The van der Waals surface area contributed by atoms with E-state index >= 15 is 0 Å². The monoisotopic (exact) mass is 405 g/mol. The molecule has 2 rings (SSSR count). The number of aliphatic hydroxyl groups is 1. The van der Waals surface area contributed by atoms with Gasteiger partial charge in [-0.25, -0.2) is 0 Å². The average molecular weight is 406 g/mol. The highest BCUT2D eigenvalue weighted by molar-refractivity contribution is 8.13.